The Morgan fingerprint density at radius 1 is 1.06 bits per heavy atom. The lowest BCUT2D eigenvalue weighted by molar-refractivity contribution is 0.0712. The quantitative estimate of drug-likeness (QED) is 0.650. The van der Waals surface area contributed by atoms with Crippen molar-refractivity contribution in [2.24, 2.45) is 0 Å². The van der Waals surface area contributed by atoms with Crippen molar-refractivity contribution >= 4 is 28.8 Å². The minimum atomic E-state index is -0.858. The summed E-state index contributed by atoms with van der Waals surface area (Å²) in [6, 6.07) is 10.4. The molecule has 9 heteroatoms. The van der Waals surface area contributed by atoms with Gasteiger partial charge in [0.1, 0.15) is 16.6 Å². The number of anilines is 1. The van der Waals surface area contributed by atoms with Gasteiger partial charge in [-0.15, -0.1) is 10.2 Å². The predicted molar refractivity (Wildman–Crippen MR) is 113 cm³/mol. The van der Waals surface area contributed by atoms with E-state index in [1.54, 1.807) is 0 Å². The van der Waals surface area contributed by atoms with E-state index in [1.165, 1.54) is 0 Å². The van der Waals surface area contributed by atoms with Crippen LogP contribution in [-0.2, 0) is 0 Å². The molecule has 2 amide bonds. The second-order valence-corrected chi connectivity index (χ2v) is 8.47. The van der Waals surface area contributed by atoms with Gasteiger partial charge in [0, 0.05) is 30.6 Å². The fourth-order valence-corrected chi connectivity index (χ4v) is 4.37. The average molecular weight is 442 g/mol. The van der Waals surface area contributed by atoms with Gasteiger partial charge in [-0.25, -0.2) is 8.78 Å². The van der Waals surface area contributed by atoms with Crippen LogP contribution < -0.4 is 5.32 Å². The number of amides is 2. The van der Waals surface area contributed by atoms with Crippen LogP contribution in [0.4, 0.5) is 14.5 Å². The second kappa shape index (κ2) is 8.89. The first-order valence-corrected chi connectivity index (χ1v) is 10.7. The predicted octanol–water partition coefficient (Wildman–Crippen LogP) is 4.40. The summed E-state index contributed by atoms with van der Waals surface area (Å²) in [5.41, 5.74) is 1.66. The highest BCUT2D eigenvalue weighted by Gasteiger charge is 2.27. The molecule has 2 aromatic carbocycles. The number of carbonyl (C=O) groups excluding carboxylic acids is 2. The molecule has 0 bridgehead atoms. The number of hydrogen-bond acceptors (Lipinski definition) is 5. The molecule has 1 aliphatic rings. The molecular formula is C22H20F2N4O2S. The van der Waals surface area contributed by atoms with E-state index in [-0.39, 0.29) is 22.5 Å². The first-order chi connectivity index (χ1) is 14.9. The van der Waals surface area contributed by atoms with Crippen molar-refractivity contribution in [1.29, 1.82) is 0 Å². The van der Waals surface area contributed by atoms with Crippen LogP contribution >= 0.6 is 11.3 Å². The number of nitrogens with one attached hydrogen (secondary N) is 1. The molecule has 31 heavy (non-hydrogen) atoms. The lowest BCUT2D eigenvalue weighted by atomic mass is 9.97. The number of likely N-dealkylation sites (tertiary alicyclic amines) is 1. The summed E-state index contributed by atoms with van der Waals surface area (Å²) < 4.78 is 26.8. The fraction of sp³-hybridized carbons (Fsp3) is 0.273. The summed E-state index contributed by atoms with van der Waals surface area (Å²) in [6.07, 6.45) is 1.45. The van der Waals surface area contributed by atoms with E-state index in [2.05, 4.69) is 15.5 Å². The SMILES string of the molecule is Cc1ccc(C(=O)N2CCC(c3nnc(C(=O)Nc4ccc(F)cc4F)s3)CC2)cc1. The molecule has 2 heterocycles. The van der Waals surface area contributed by atoms with Crippen LogP contribution in [0.25, 0.3) is 0 Å². The minimum Gasteiger partial charge on any atom is -0.339 e. The Kier molecular flexibility index (Phi) is 6.03. The summed E-state index contributed by atoms with van der Waals surface area (Å²) in [5, 5.41) is 11.3. The van der Waals surface area contributed by atoms with Gasteiger partial charge >= 0.3 is 0 Å². The van der Waals surface area contributed by atoms with Gasteiger partial charge < -0.3 is 10.2 Å². The van der Waals surface area contributed by atoms with E-state index >= 15 is 0 Å². The van der Waals surface area contributed by atoms with Gasteiger partial charge in [0.05, 0.1) is 5.69 Å². The van der Waals surface area contributed by atoms with Gasteiger partial charge in [0.15, 0.2) is 0 Å². The average Bonchev–Trinajstić information content (AvgIpc) is 3.26. The van der Waals surface area contributed by atoms with Crippen molar-refractivity contribution in [3.05, 3.63) is 75.2 Å². The zero-order chi connectivity index (χ0) is 22.0. The Morgan fingerprint density at radius 3 is 2.45 bits per heavy atom. The molecule has 4 rings (SSSR count). The molecular weight excluding hydrogens is 422 g/mol. The largest absolute Gasteiger partial charge is 0.339 e. The van der Waals surface area contributed by atoms with Crippen LogP contribution in [0.2, 0.25) is 0 Å². The van der Waals surface area contributed by atoms with Crippen LogP contribution in [0.5, 0.6) is 0 Å². The highest BCUT2D eigenvalue weighted by atomic mass is 32.1. The summed E-state index contributed by atoms with van der Waals surface area (Å²) >= 11 is 1.15. The maximum atomic E-state index is 13.7. The number of hydrogen-bond donors (Lipinski definition) is 1. The summed E-state index contributed by atoms with van der Waals surface area (Å²) in [4.78, 5) is 26.8. The van der Waals surface area contributed by atoms with Gasteiger partial charge in [-0.1, -0.05) is 29.0 Å². The third-order valence-electron chi connectivity index (χ3n) is 5.24. The molecule has 6 nitrogen and oxygen atoms in total. The number of halogens is 2. The number of aromatic nitrogens is 2. The lowest BCUT2D eigenvalue weighted by Gasteiger charge is -2.31. The molecule has 0 aliphatic carbocycles. The molecule has 0 radical (unpaired) electrons. The molecule has 0 atom stereocenters. The van der Waals surface area contributed by atoms with Gasteiger partial charge in [-0.2, -0.15) is 0 Å². The third-order valence-corrected chi connectivity index (χ3v) is 6.33. The van der Waals surface area contributed by atoms with Crippen molar-refractivity contribution in [1.82, 2.24) is 15.1 Å². The molecule has 0 spiro atoms. The van der Waals surface area contributed by atoms with Crippen molar-refractivity contribution in [2.45, 2.75) is 25.7 Å². The molecule has 0 unspecified atom stereocenters. The van der Waals surface area contributed by atoms with E-state index < -0.39 is 17.5 Å². The lowest BCUT2D eigenvalue weighted by Crippen LogP contribution is -2.37. The van der Waals surface area contributed by atoms with Crippen LogP contribution in [0.3, 0.4) is 0 Å². The van der Waals surface area contributed by atoms with Gasteiger partial charge in [-0.05, 0) is 44.0 Å². The maximum Gasteiger partial charge on any atom is 0.286 e. The Hall–Kier alpha value is -3.20. The number of rotatable bonds is 4. The molecule has 0 saturated carbocycles. The first kappa shape index (κ1) is 21.0. The van der Waals surface area contributed by atoms with E-state index in [0.29, 0.717) is 29.7 Å². The minimum absolute atomic E-state index is 0.0112. The van der Waals surface area contributed by atoms with Gasteiger partial charge in [0.25, 0.3) is 11.8 Å². The Labute approximate surface area is 181 Å². The Morgan fingerprint density at radius 2 is 1.77 bits per heavy atom. The topological polar surface area (TPSA) is 75.2 Å². The standard InChI is InChI=1S/C22H20F2N4O2S/c1-13-2-4-15(5-3-13)22(30)28-10-8-14(9-11-28)20-26-27-21(31-20)19(29)25-18-7-6-16(23)12-17(18)24/h2-7,12,14H,8-11H2,1H3,(H,25,29). The molecule has 3 aromatic rings. The Bertz CT molecular complexity index is 1110. The van der Waals surface area contributed by atoms with E-state index in [4.69, 9.17) is 0 Å². The Balaban J connectivity index is 1.36. The van der Waals surface area contributed by atoms with Crippen LogP contribution in [-0.4, -0.2) is 40.0 Å². The van der Waals surface area contributed by atoms with Crippen LogP contribution in [0, 0.1) is 18.6 Å². The zero-order valence-corrected chi connectivity index (χ0v) is 17.6. The highest BCUT2D eigenvalue weighted by Crippen LogP contribution is 2.31. The zero-order valence-electron chi connectivity index (χ0n) is 16.8. The fourth-order valence-electron chi connectivity index (χ4n) is 3.47. The maximum absolute atomic E-state index is 13.7. The summed E-state index contributed by atoms with van der Waals surface area (Å²) in [6.45, 7) is 3.17. The molecule has 160 valence electrons. The summed E-state index contributed by atoms with van der Waals surface area (Å²) in [5.74, 6) is -2.06. The number of benzene rings is 2. The van der Waals surface area contributed by atoms with Crippen molar-refractivity contribution in [2.75, 3.05) is 18.4 Å². The number of aryl methyl sites for hydroxylation is 1. The normalized spacial score (nSPS) is 14.5. The second-order valence-electron chi connectivity index (χ2n) is 7.46. The van der Waals surface area contributed by atoms with E-state index in [9.17, 15) is 18.4 Å². The number of nitrogens with zero attached hydrogens (tertiary/aromatic N) is 3. The number of piperidine rings is 1. The smallest absolute Gasteiger partial charge is 0.286 e. The third kappa shape index (κ3) is 4.77. The van der Waals surface area contributed by atoms with Crippen LogP contribution in [0.15, 0.2) is 42.5 Å². The molecule has 1 N–H and O–H groups in total. The van der Waals surface area contributed by atoms with Crippen molar-refractivity contribution < 1.29 is 18.4 Å². The summed E-state index contributed by atoms with van der Waals surface area (Å²) in [7, 11) is 0. The van der Waals surface area contributed by atoms with E-state index in [1.807, 2.05) is 36.1 Å². The highest BCUT2D eigenvalue weighted by molar-refractivity contribution is 7.13. The van der Waals surface area contributed by atoms with Crippen molar-refractivity contribution in [3.63, 3.8) is 0 Å². The van der Waals surface area contributed by atoms with Gasteiger partial charge in [0.2, 0.25) is 5.01 Å². The van der Waals surface area contributed by atoms with Crippen molar-refractivity contribution in [3.8, 4) is 0 Å². The molecule has 1 fully saturated rings. The first-order valence-electron chi connectivity index (χ1n) is 9.86. The molecule has 1 aromatic heterocycles. The van der Waals surface area contributed by atoms with Gasteiger partial charge in [-0.3, -0.25) is 9.59 Å². The molecule has 1 aliphatic heterocycles. The molecule has 1 saturated heterocycles. The van der Waals surface area contributed by atoms with E-state index in [0.717, 1.165) is 41.9 Å². The number of carbonyl (C=O) groups is 2. The van der Waals surface area contributed by atoms with Crippen LogP contribution in [0.1, 0.15) is 49.5 Å². The monoisotopic (exact) mass is 442 g/mol.